The third-order valence-electron chi connectivity index (χ3n) is 2.57. The molecule has 0 atom stereocenters. The molecule has 0 aromatic carbocycles. The lowest BCUT2D eigenvalue weighted by Crippen LogP contribution is -2.15. The number of thiophene rings is 1. The molecular formula is C10H11N3O2S2. The number of hydrogen-bond acceptors (Lipinski definition) is 5. The van der Waals surface area contributed by atoms with E-state index in [1.807, 2.05) is 12.1 Å². The van der Waals surface area contributed by atoms with E-state index in [0.717, 1.165) is 21.9 Å². The fourth-order valence-corrected chi connectivity index (χ4v) is 3.65. The van der Waals surface area contributed by atoms with Crippen LogP contribution < -0.4 is 5.69 Å². The SMILES string of the molecule is O=c1[nH]nc(Sc2ccc(CO)s2)n1C1CC1. The highest BCUT2D eigenvalue weighted by Gasteiger charge is 2.28. The summed E-state index contributed by atoms with van der Waals surface area (Å²) >= 11 is 2.99. The maximum absolute atomic E-state index is 11.6. The largest absolute Gasteiger partial charge is 0.391 e. The van der Waals surface area contributed by atoms with Crippen molar-refractivity contribution in [3.05, 3.63) is 27.5 Å². The molecule has 0 radical (unpaired) electrons. The molecule has 1 fully saturated rings. The average molecular weight is 269 g/mol. The van der Waals surface area contributed by atoms with E-state index >= 15 is 0 Å². The summed E-state index contributed by atoms with van der Waals surface area (Å²) in [5, 5.41) is 16.2. The molecule has 2 aromatic rings. The molecule has 1 aliphatic carbocycles. The van der Waals surface area contributed by atoms with Gasteiger partial charge in [-0.2, -0.15) is 0 Å². The Labute approximate surface area is 105 Å². The fraction of sp³-hybridized carbons (Fsp3) is 0.400. The maximum Gasteiger partial charge on any atom is 0.344 e. The van der Waals surface area contributed by atoms with E-state index in [1.54, 1.807) is 4.57 Å². The Hall–Kier alpha value is -1.05. The predicted molar refractivity (Wildman–Crippen MR) is 65.5 cm³/mol. The van der Waals surface area contributed by atoms with Gasteiger partial charge in [0.25, 0.3) is 0 Å². The van der Waals surface area contributed by atoms with Gasteiger partial charge in [-0.1, -0.05) is 0 Å². The fourth-order valence-electron chi connectivity index (χ4n) is 1.61. The summed E-state index contributed by atoms with van der Waals surface area (Å²) in [5.41, 5.74) is -0.131. The number of H-pyrrole nitrogens is 1. The summed E-state index contributed by atoms with van der Waals surface area (Å²) in [6.45, 7) is 0.0568. The number of nitrogens with zero attached hydrogens (tertiary/aromatic N) is 2. The number of nitrogens with one attached hydrogen (secondary N) is 1. The van der Waals surface area contributed by atoms with E-state index in [9.17, 15) is 4.79 Å². The van der Waals surface area contributed by atoms with Gasteiger partial charge >= 0.3 is 5.69 Å². The molecule has 0 spiro atoms. The summed E-state index contributed by atoms with van der Waals surface area (Å²) in [4.78, 5) is 12.5. The second-order valence-electron chi connectivity index (χ2n) is 3.89. The van der Waals surface area contributed by atoms with Gasteiger partial charge in [0.15, 0.2) is 5.16 Å². The van der Waals surface area contributed by atoms with Crippen molar-refractivity contribution in [2.75, 3.05) is 0 Å². The first kappa shape index (κ1) is 11.1. The van der Waals surface area contributed by atoms with Crippen LogP contribution in [0.2, 0.25) is 0 Å². The number of aromatic nitrogens is 3. The van der Waals surface area contributed by atoms with Crippen LogP contribution in [0.25, 0.3) is 0 Å². The number of aliphatic hydroxyl groups excluding tert-OH is 1. The zero-order chi connectivity index (χ0) is 11.8. The lowest BCUT2D eigenvalue weighted by Gasteiger charge is -2.00. The number of aromatic amines is 1. The van der Waals surface area contributed by atoms with Crippen LogP contribution in [0.5, 0.6) is 0 Å². The van der Waals surface area contributed by atoms with Crippen LogP contribution in [0.4, 0.5) is 0 Å². The van der Waals surface area contributed by atoms with Crippen LogP contribution in [-0.2, 0) is 6.61 Å². The molecule has 1 saturated carbocycles. The Morgan fingerprint density at radius 1 is 1.59 bits per heavy atom. The Bertz CT molecular complexity index is 582. The quantitative estimate of drug-likeness (QED) is 0.884. The first-order valence-corrected chi connectivity index (χ1v) is 6.95. The minimum atomic E-state index is -0.131. The molecule has 0 bridgehead atoms. The first-order chi connectivity index (χ1) is 8.28. The summed E-state index contributed by atoms with van der Waals surface area (Å²) in [5.74, 6) is 0. The Morgan fingerprint density at radius 2 is 2.41 bits per heavy atom. The topological polar surface area (TPSA) is 70.9 Å². The van der Waals surface area contributed by atoms with Crippen molar-refractivity contribution in [3.63, 3.8) is 0 Å². The van der Waals surface area contributed by atoms with Crippen LogP contribution in [0.15, 0.2) is 26.3 Å². The molecule has 0 unspecified atom stereocenters. The van der Waals surface area contributed by atoms with Crippen molar-refractivity contribution in [2.45, 2.75) is 34.9 Å². The Balaban J connectivity index is 1.87. The average Bonchev–Trinajstić information content (AvgIpc) is 2.94. The molecule has 0 saturated heterocycles. The highest BCUT2D eigenvalue weighted by atomic mass is 32.2. The summed E-state index contributed by atoms with van der Waals surface area (Å²) in [6, 6.07) is 4.15. The van der Waals surface area contributed by atoms with Gasteiger partial charge in [-0.3, -0.25) is 4.57 Å². The van der Waals surface area contributed by atoms with Crippen molar-refractivity contribution >= 4 is 23.1 Å². The van der Waals surface area contributed by atoms with Gasteiger partial charge in [-0.25, -0.2) is 9.89 Å². The van der Waals surface area contributed by atoms with Crippen molar-refractivity contribution < 1.29 is 5.11 Å². The maximum atomic E-state index is 11.6. The van der Waals surface area contributed by atoms with Gasteiger partial charge in [0.2, 0.25) is 0 Å². The first-order valence-electron chi connectivity index (χ1n) is 5.32. The second kappa shape index (κ2) is 4.32. The van der Waals surface area contributed by atoms with Crippen molar-refractivity contribution in [1.29, 1.82) is 0 Å². The van der Waals surface area contributed by atoms with Gasteiger partial charge < -0.3 is 5.11 Å². The van der Waals surface area contributed by atoms with Crippen LogP contribution in [0.3, 0.4) is 0 Å². The Kier molecular flexibility index (Phi) is 2.81. The van der Waals surface area contributed by atoms with E-state index in [4.69, 9.17) is 5.11 Å². The predicted octanol–water partition coefficient (Wildman–Crippen LogP) is 1.61. The molecule has 0 amide bonds. The number of rotatable bonds is 4. The molecule has 5 nitrogen and oxygen atoms in total. The van der Waals surface area contributed by atoms with Gasteiger partial charge in [-0.15, -0.1) is 16.4 Å². The van der Waals surface area contributed by atoms with Gasteiger partial charge in [0.05, 0.1) is 10.8 Å². The summed E-state index contributed by atoms with van der Waals surface area (Å²) < 4.78 is 2.76. The lowest BCUT2D eigenvalue weighted by molar-refractivity contribution is 0.285. The molecule has 7 heteroatoms. The van der Waals surface area contributed by atoms with Crippen LogP contribution in [0, 0.1) is 0 Å². The minimum Gasteiger partial charge on any atom is -0.391 e. The number of aliphatic hydroxyl groups is 1. The Morgan fingerprint density at radius 3 is 3.06 bits per heavy atom. The lowest BCUT2D eigenvalue weighted by atomic mass is 10.5. The van der Waals surface area contributed by atoms with Crippen LogP contribution >= 0.6 is 23.1 Å². The smallest absolute Gasteiger partial charge is 0.344 e. The molecule has 2 aromatic heterocycles. The van der Waals surface area contributed by atoms with Gasteiger partial charge in [0, 0.05) is 10.9 Å². The van der Waals surface area contributed by atoms with Crippen LogP contribution in [-0.4, -0.2) is 19.9 Å². The van der Waals surface area contributed by atoms with E-state index in [-0.39, 0.29) is 12.3 Å². The molecule has 2 heterocycles. The molecule has 2 N–H and O–H groups in total. The summed E-state index contributed by atoms with van der Waals surface area (Å²) in [7, 11) is 0. The number of hydrogen-bond donors (Lipinski definition) is 2. The van der Waals surface area contributed by atoms with Crippen molar-refractivity contribution in [1.82, 2.24) is 14.8 Å². The molecule has 90 valence electrons. The van der Waals surface area contributed by atoms with Gasteiger partial charge in [-0.05, 0) is 36.7 Å². The monoisotopic (exact) mass is 269 g/mol. The van der Waals surface area contributed by atoms with Gasteiger partial charge in [0.1, 0.15) is 0 Å². The van der Waals surface area contributed by atoms with E-state index < -0.39 is 0 Å². The van der Waals surface area contributed by atoms with Crippen LogP contribution in [0.1, 0.15) is 23.8 Å². The third-order valence-corrected chi connectivity index (χ3v) is 4.74. The third kappa shape index (κ3) is 2.18. The second-order valence-corrected chi connectivity index (χ2v) is 6.33. The summed E-state index contributed by atoms with van der Waals surface area (Å²) in [6.07, 6.45) is 2.11. The normalized spacial score (nSPS) is 15.4. The molecular weight excluding hydrogens is 258 g/mol. The van der Waals surface area contributed by atoms with E-state index in [1.165, 1.54) is 23.1 Å². The zero-order valence-corrected chi connectivity index (χ0v) is 10.6. The highest BCUT2D eigenvalue weighted by molar-refractivity contribution is 8.01. The van der Waals surface area contributed by atoms with E-state index in [2.05, 4.69) is 10.2 Å². The van der Waals surface area contributed by atoms with Crippen molar-refractivity contribution in [3.8, 4) is 0 Å². The molecule has 3 rings (SSSR count). The van der Waals surface area contributed by atoms with Crippen molar-refractivity contribution in [2.24, 2.45) is 0 Å². The molecule has 0 aliphatic heterocycles. The molecule has 17 heavy (non-hydrogen) atoms. The standard InChI is InChI=1S/C10H11N3O2S2/c14-5-7-3-4-8(16-7)17-10-12-11-9(15)13(10)6-1-2-6/h3-4,6,14H,1-2,5H2,(H,11,15). The highest BCUT2D eigenvalue weighted by Crippen LogP contribution is 2.39. The minimum absolute atomic E-state index is 0.0568. The molecule has 1 aliphatic rings. The zero-order valence-electron chi connectivity index (χ0n) is 8.92. The van der Waals surface area contributed by atoms with E-state index in [0.29, 0.717) is 11.2 Å².